The van der Waals surface area contributed by atoms with Gasteiger partial charge in [0.15, 0.2) is 0 Å². The summed E-state index contributed by atoms with van der Waals surface area (Å²) in [6, 6.07) is 60.6. The van der Waals surface area contributed by atoms with Crippen LogP contribution in [-0.4, -0.2) is 9.55 Å². The molecule has 0 aliphatic heterocycles. The molecule has 0 atom stereocenters. The lowest BCUT2D eigenvalue weighted by Gasteiger charge is -2.17. The van der Waals surface area contributed by atoms with Gasteiger partial charge in [-0.3, -0.25) is 4.57 Å². The summed E-state index contributed by atoms with van der Waals surface area (Å²) < 4.78 is 2.28. The van der Waals surface area contributed by atoms with E-state index in [0.717, 1.165) is 29.0 Å². The maximum absolute atomic E-state index is 5.05. The summed E-state index contributed by atoms with van der Waals surface area (Å²) in [5.41, 5.74) is 8.11. The number of nitrogens with zero attached hydrogens (tertiary/aromatic N) is 2. The Hall–Kier alpha value is -6.51. The first-order valence-electron chi connectivity index (χ1n) is 17.9. The number of aromatic nitrogens is 2. The number of para-hydroxylation sites is 1. The van der Waals surface area contributed by atoms with Crippen LogP contribution in [0.3, 0.4) is 0 Å². The van der Waals surface area contributed by atoms with Crippen molar-refractivity contribution >= 4 is 75.7 Å². The maximum Gasteiger partial charge on any atom is 0.114 e. The van der Waals surface area contributed by atoms with E-state index in [0.29, 0.717) is 0 Å². The van der Waals surface area contributed by atoms with Crippen LogP contribution in [0.1, 0.15) is 12.7 Å². The van der Waals surface area contributed by atoms with Crippen LogP contribution >= 0.6 is 0 Å². The molecule has 0 aliphatic carbocycles. The zero-order valence-electron chi connectivity index (χ0n) is 28.2. The number of imidazole rings is 1. The third-order valence-electron chi connectivity index (χ3n) is 11.0. The fourth-order valence-electron chi connectivity index (χ4n) is 8.72. The molecule has 2 nitrogen and oxygen atoms in total. The van der Waals surface area contributed by atoms with Gasteiger partial charge in [-0.1, -0.05) is 134 Å². The van der Waals surface area contributed by atoms with Crippen LogP contribution in [0.5, 0.6) is 0 Å². The highest BCUT2D eigenvalue weighted by molar-refractivity contribution is 6.37. The van der Waals surface area contributed by atoms with Crippen LogP contribution in [0.15, 0.2) is 164 Å². The summed E-state index contributed by atoms with van der Waals surface area (Å²) in [6.45, 7) is 2.17. The molecule has 0 N–H and O–H groups in total. The summed E-state index contributed by atoms with van der Waals surface area (Å²) in [7, 11) is 0. The standard InChI is InChI=1S/C49H32N2/c1-2-45-50-43-29-35(25-26-44(43)51(45)38-12-4-3-5-13-38)30-17-19-31(20-18-30)37-27-36-24-23-34-10-7-15-40-39-14-6-9-32-21-22-33-11-8-16-41(48(33)46(32)39)42(28-37)49(36)47(34)40/h3-29H,2H2,1H3. The molecule has 51 heavy (non-hydrogen) atoms. The van der Waals surface area contributed by atoms with Crippen LogP contribution in [0, 0.1) is 0 Å². The Kier molecular flexibility index (Phi) is 5.97. The SMILES string of the molecule is CCc1nc2cc(-c3ccc(-c4cc5ccc6cccc7c8cccc9ccc%10cccc(c(c4)c5c67)c%10c98)cc3)ccc2n1-c1ccccc1. The van der Waals surface area contributed by atoms with Crippen LogP contribution in [-0.2, 0) is 6.42 Å². The molecular formula is C49H32N2. The van der Waals surface area contributed by atoms with Gasteiger partial charge in [0.25, 0.3) is 0 Å². The van der Waals surface area contributed by atoms with Crippen molar-refractivity contribution in [1.82, 2.24) is 9.55 Å². The molecule has 0 amide bonds. The van der Waals surface area contributed by atoms with Gasteiger partial charge < -0.3 is 0 Å². The van der Waals surface area contributed by atoms with E-state index in [9.17, 15) is 0 Å². The normalized spacial score (nSPS) is 12.1. The van der Waals surface area contributed by atoms with Gasteiger partial charge in [-0.25, -0.2) is 4.98 Å². The highest BCUT2D eigenvalue weighted by Gasteiger charge is 2.17. The Bertz CT molecular complexity index is 3140. The number of rotatable bonds is 4. The second-order valence-electron chi connectivity index (χ2n) is 13.8. The van der Waals surface area contributed by atoms with E-state index in [-0.39, 0.29) is 0 Å². The molecule has 0 saturated heterocycles. The quantitative estimate of drug-likeness (QED) is 0.174. The minimum Gasteiger partial charge on any atom is -0.296 e. The van der Waals surface area contributed by atoms with E-state index in [1.165, 1.54) is 86.9 Å². The highest BCUT2D eigenvalue weighted by atomic mass is 15.1. The highest BCUT2D eigenvalue weighted by Crippen LogP contribution is 2.44. The van der Waals surface area contributed by atoms with E-state index in [2.05, 4.69) is 175 Å². The zero-order valence-corrected chi connectivity index (χ0v) is 28.2. The van der Waals surface area contributed by atoms with Gasteiger partial charge in [-0.05, 0) is 123 Å². The molecule has 1 heterocycles. The topological polar surface area (TPSA) is 17.8 Å². The van der Waals surface area contributed by atoms with E-state index in [4.69, 9.17) is 4.98 Å². The first kappa shape index (κ1) is 28.3. The van der Waals surface area contributed by atoms with Gasteiger partial charge in [0.2, 0.25) is 0 Å². The molecule has 238 valence electrons. The zero-order chi connectivity index (χ0) is 33.6. The molecule has 0 aliphatic rings. The third kappa shape index (κ3) is 4.14. The van der Waals surface area contributed by atoms with Crippen LogP contribution < -0.4 is 0 Å². The van der Waals surface area contributed by atoms with Crippen molar-refractivity contribution in [1.29, 1.82) is 0 Å². The van der Waals surface area contributed by atoms with Crippen molar-refractivity contribution in [3.05, 3.63) is 170 Å². The lowest BCUT2D eigenvalue weighted by Crippen LogP contribution is -1.99. The Labute approximate surface area is 295 Å². The number of fused-ring (bicyclic) bond motifs is 3. The van der Waals surface area contributed by atoms with E-state index < -0.39 is 0 Å². The fraction of sp³-hybridized carbons (Fsp3) is 0.0408. The molecule has 10 aromatic carbocycles. The lowest BCUT2D eigenvalue weighted by atomic mass is 9.86. The third-order valence-corrected chi connectivity index (χ3v) is 11.0. The van der Waals surface area contributed by atoms with Crippen LogP contribution in [0.25, 0.3) is 104 Å². The molecular weight excluding hydrogens is 617 g/mol. The van der Waals surface area contributed by atoms with Gasteiger partial charge in [-0.2, -0.15) is 0 Å². The summed E-state index contributed by atoms with van der Waals surface area (Å²) in [5, 5.41) is 15.6. The van der Waals surface area contributed by atoms with Crippen molar-refractivity contribution in [2.45, 2.75) is 13.3 Å². The predicted octanol–water partition coefficient (Wildman–Crippen LogP) is 13.3. The van der Waals surface area contributed by atoms with Crippen molar-refractivity contribution in [2.24, 2.45) is 0 Å². The summed E-state index contributed by atoms with van der Waals surface area (Å²) in [5.74, 6) is 1.07. The Morgan fingerprint density at radius 2 is 0.941 bits per heavy atom. The van der Waals surface area contributed by atoms with Crippen LogP contribution in [0.2, 0.25) is 0 Å². The molecule has 11 aromatic rings. The van der Waals surface area contributed by atoms with Gasteiger partial charge in [0, 0.05) is 12.1 Å². The molecule has 0 saturated carbocycles. The summed E-state index contributed by atoms with van der Waals surface area (Å²) in [4.78, 5) is 5.05. The average Bonchev–Trinajstić information content (AvgIpc) is 3.57. The van der Waals surface area contributed by atoms with Gasteiger partial charge in [-0.15, -0.1) is 0 Å². The van der Waals surface area contributed by atoms with Gasteiger partial charge in [0.1, 0.15) is 5.82 Å². The number of hydrogen-bond acceptors (Lipinski definition) is 1. The van der Waals surface area contributed by atoms with Gasteiger partial charge in [0.05, 0.1) is 11.0 Å². The molecule has 11 rings (SSSR count). The largest absolute Gasteiger partial charge is 0.296 e. The number of benzene rings is 9. The predicted molar refractivity (Wildman–Crippen MR) is 218 cm³/mol. The fourth-order valence-corrected chi connectivity index (χ4v) is 8.72. The smallest absolute Gasteiger partial charge is 0.114 e. The molecule has 0 bridgehead atoms. The molecule has 0 radical (unpaired) electrons. The summed E-state index contributed by atoms with van der Waals surface area (Å²) >= 11 is 0. The van der Waals surface area contributed by atoms with Crippen molar-refractivity contribution in [2.75, 3.05) is 0 Å². The van der Waals surface area contributed by atoms with E-state index >= 15 is 0 Å². The van der Waals surface area contributed by atoms with E-state index in [1.807, 2.05) is 0 Å². The monoisotopic (exact) mass is 648 g/mol. The minimum absolute atomic E-state index is 0.870. The van der Waals surface area contributed by atoms with Gasteiger partial charge >= 0.3 is 0 Å². The number of aryl methyl sites for hydroxylation is 1. The summed E-state index contributed by atoms with van der Waals surface area (Å²) in [6.07, 6.45) is 0.870. The van der Waals surface area contributed by atoms with E-state index in [1.54, 1.807) is 0 Å². The second-order valence-corrected chi connectivity index (χ2v) is 13.8. The lowest BCUT2D eigenvalue weighted by molar-refractivity contribution is 0.908. The molecule has 1 aromatic heterocycles. The molecule has 2 heteroatoms. The number of hydrogen-bond donors (Lipinski definition) is 0. The van der Waals surface area contributed by atoms with Crippen molar-refractivity contribution in [3.8, 4) is 27.9 Å². The second kappa shape index (κ2) is 10.7. The Morgan fingerprint density at radius 3 is 1.55 bits per heavy atom. The maximum atomic E-state index is 5.05. The first-order valence-corrected chi connectivity index (χ1v) is 17.9. The molecule has 0 fully saturated rings. The van der Waals surface area contributed by atoms with Crippen LogP contribution in [0.4, 0.5) is 0 Å². The van der Waals surface area contributed by atoms with Crippen molar-refractivity contribution in [3.63, 3.8) is 0 Å². The minimum atomic E-state index is 0.870. The Balaban J connectivity index is 1.11. The Morgan fingerprint density at radius 1 is 0.412 bits per heavy atom. The average molecular weight is 649 g/mol. The van der Waals surface area contributed by atoms with Crippen molar-refractivity contribution < 1.29 is 0 Å². The molecule has 0 spiro atoms. The first-order chi connectivity index (χ1) is 25.2. The molecule has 0 unspecified atom stereocenters.